The molecule has 0 saturated carbocycles. The molecule has 2 aliphatic heterocycles. The molecule has 2 saturated heterocycles. The molecule has 2 heterocycles. The Labute approximate surface area is 221 Å². The van der Waals surface area contributed by atoms with Crippen molar-refractivity contribution < 1.29 is 45.9 Å². The van der Waals surface area contributed by atoms with Crippen LogP contribution in [0.5, 0.6) is 0 Å². The van der Waals surface area contributed by atoms with Gasteiger partial charge in [-0.2, -0.15) is 0 Å². The number of carbonyl (C=O) groups excluding carboxylic acids is 2. The van der Waals surface area contributed by atoms with Crippen molar-refractivity contribution in [3.8, 4) is 0 Å². The second-order valence-electron chi connectivity index (χ2n) is 8.77. The van der Waals surface area contributed by atoms with Crippen molar-refractivity contribution in [3.63, 3.8) is 0 Å². The molecule has 2 aliphatic rings. The smallest absolute Gasteiger partial charge is 0.414 e. The summed E-state index contributed by atoms with van der Waals surface area (Å²) in [5, 5.41) is 1.43. The number of piperazine rings is 1. The lowest BCUT2D eigenvalue weighted by Gasteiger charge is -2.39. The number of nitrogens with zero attached hydrogens (tertiary/aromatic N) is 3. The van der Waals surface area contributed by atoms with Gasteiger partial charge in [-0.25, -0.2) is 9.18 Å². The lowest BCUT2D eigenvalue weighted by molar-refractivity contribution is -0.119. The van der Waals surface area contributed by atoms with E-state index in [4.69, 9.17) is 22.8 Å². The van der Waals surface area contributed by atoms with Crippen LogP contribution in [0.2, 0.25) is 0 Å². The summed E-state index contributed by atoms with van der Waals surface area (Å²) in [5.41, 5.74) is 0.721. The van der Waals surface area contributed by atoms with E-state index in [1.54, 1.807) is 12.1 Å². The number of rotatable bonds is 12. The van der Waals surface area contributed by atoms with Crippen LogP contribution in [0.15, 0.2) is 18.2 Å². The first-order chi connectivity index (χ1) is 18.0. The first kappa shape index (κ1) is 30.5. The highest BCUT2D eigenvalue weighted by atomic mass is 31.2. The zero-order valence-electron chi connectivity index (χ0n) is 22.1. The Hall–Kier alpha value is -2.05. The molecule has 0 spiro atoms. The molecule has 1 atom stereocenters. The lowest BCUT2D eigenvalue weighted by Crippen LogP contribution is -2.49. The highest BCUT2D eigenvalue weighted by molar-refractivity contribution is 7.72. The molecule has 1 N–H and O–H groups in total. The van der Waals surface area contributed by atoms with Crippen molar-refractivity contribution in [1.29, 1.82) is 0 Å². The number of nitrogens with one attached hydrogen (secondary N) is 1. The topological polar surface area (TPSA) is 136 Å². The molecule has 0 unspecified atom stereocenters. The van der Waals surface area contributed by atoms with Gasteiger partial charge in [0.1, 0.15) is 11.9 Å². The Morgan fingerprint density at radius 2 is 1.66 bits per heavy atom. The Bertz CT molecular complexity index is 1060. The van der Waals surface area contributed by atoms with Crippen LogP contribution >= 0.6 is 15.2 Å². The summed E-state index contributed by atoms with van der Waals surface area (Å²) in [5.74, 6) is -0.734. The molecule has 1 aromatic rings. The summed E-state index contributed by atoms with van der Waals surface area (Å²) in [6, 6.07) is 4.52. The number of halogens is 1. The third kappa shape index (κ3) is 6.74. The van der Waals surface area contributed by atoms with E-state index in [0.717, 1.165) is 0 Å². The number of cyclic esters (lactones) is 1. The number of ether oxygens (including phenoxy) is 1. The van der Waals surface area contributed by atoms with Gasteiger partial charge in [-0.3, -0.25) is 23.7 Å². The predicted octanol–water partition coefficient (Wildman–Crippen LogP) is 2.71. The van der Waals surface area contributed by atoms with Crippen LogP contribution in [0.4, 0.5) is 20.6 Å². The van der Waals surface area contributed by atoms with Gasteiger partial charge in [0.25, 0.3) is 0 Å². The largest absolute Gasteiger partial charge is 0.442 e. The SMILES string of the molecule is COP(=O)(OC)C(CN1CCN(c2ccc(N3C[C@H](CNC(C)=O)OC3=O)cc2F)CC1)P(=O)(OC)OC. The molecule has 0 aliphatic carbocycles. The van der Waals surface area contributed by atoms with E-state index in [1.165, 1.54) is 46.3 Å². The average molecular weight is 580 g/mol. The number of amides is 2. The Balaban J connectivity index is 1.65. The zero-order valence-corrected chi connectivity index (χ0v) is 23.9. The minimum absolute atomic E-state index is 0.0594. The standard InChI is InChI=1S/C22H35FN4O9P2/c1-16(28)24-13-18-14-27(22(29)36-18)17-6-7-20(19(23)12-17)26-10-8-25(9-11-26)15-21(37(30,32-2)33-3)38(31,34-4)35-5/h6-7,12,18,21H,8-11,13-15H2,1-5H3,(H,24,28)/t18-/m0/s1. The summed E-state index contributed by atoms with van der Waals surface area (Å²) in [7, 11) is -2.80. The highest BCUT2D eigenvalue weighted by Crippen LogP contribution is 2.69. The maximum absolute atomic E-state index is 15.1. The average Bonchev–Trinajstić information content (AvgIpc) is 3.30. The number of carbonyl (C=O) groups is 2. The molecule has 13 nitrogen and oxygen atoms in total. The summed E-state index contributed by atoms with van der Waals surface area (Å²) < 4.78 is 67.1. The Morgan fingerprint density at radius 1 is 1.08 bits per heavy atom. The van der Waals surface area contributed by atoms with E-state index < -0.39 is 38.6 Å². The number of hydrogen-bond donors (Lipinski definition) is 1. The van der Waals surface area contributed by atoms with Crippen molar-refractivity contribution >= 4 is 38.6 Å². The minimum Gasteiger partial charge on any atom is -0.442 e. The van der Waals surface area contributed by atoms with Crippen LogP contribution in [-0.4, -0.2) is 103 Å². The van der Waals surface area contributed by atoms with Crippen molar-refractivity contribution in [2.75, 3.05) is 84.1 Å². The monoisotopic (exact) mass is 580 g/mol. The molecular weight excluding hydrogens is 545 g/mol. The van der Waals surface area contributed by atoms with Gasteiger partial charge in [-0.15, -0.1) is 0 Å². The summed E-state index contributed by atoms with van der Waals surface area (Å²) in [6.07, 6.45) is -1.13. The van der Waals surface area contributed by atoms with E-state index in [-0.39, 0.29) is 25.5 Å². The van der Waals surface area contributed by atoms with Gasteiger partial charge in [-0.05, 0) is 18.2 Å². The summed E-state index contributed by atoms with van der Waals surface area (Å²) >= 11 is 0. The van der Waals surface area contributed by atoms with Gasteiger partial charge in [0.05, 0.1) is 24.5 Å². The number of anilines is 2. The fourth-order valence-electron chi connectivity index (χ4n) is 4.43. The molecule has 0 bridgehead atoms. The minimum atomic E-state index is -3.82. The molecule has 0 radical (unpaired) electrons. The molecule has 1 aromatic carbocycles. The van der Waals surface area contributed by atoms with Gasteiger partial charge in [0.15, 0.2) is 5.40 Å². The third-order valence-electron chi connectivity index (χ3n) is 6.58. The normalized spacial score (nSPS) is 19.2. The lowest BCUT2D eigenvalue weighted by atomic mass is 10.2. The van der Waals surface area contributed by atoms with E-state index in [0.29, 0.717) is 37.6 Å². The Kier molecular flexibility index (Phi) is 10.3. The highest BCUT2D eigenvalue weighted by Gasteiger charge is 2.50. The van der Waals surface area contributed by atoms with Crippen molar-refractivity contribution in [2.45, 2.75) is 18.4 Å². The molecule has 38 heavy (non-hydrogen) atoms. The molecule has 2 amide bonds. The molecular formula is C22H35FN4O9P2. The second kappa shape index (κ2) is 12.9. The van der Waals surface area contributed by atoms with Crippen LogP contribution in [0.25, 0.3) is 0 Å². The van der Waals surface area contributed by atoms with Gasteiger partial charge in [0, 0.05) is 68.1 Å². The predicted molar refractivity (Wildman–Crippen MR) is 138 cm³/mol. The molecule has 2 fully saturated rings. The summed E-state index contributed by atoms with van der Waals surface area (Å²) in [6.45, 7) is 3.56. The van der Waals surface area contributed by atoms with Gasteiger partial charge in [-0.1, -0.05) is 0 Å². The fourth-order valence-corrected chi connectivity index (χ4v) is 9.08. The van der Waals surface area contributed by atoms with Gasteiger partial charge in [0.2, 0.25) is 5.91 Å². The second-order valence-corrected chi connectivity index (χ2v) is 14.0. The maximum Gasteiger partial charge on any atom is 0.414 e. The van der Waals surface area contributed by atoms with Crippen molar-refractivity contribution in [3.05, 3.63) is 24.0 Å². The van der Waals surface area contributed by atoms with E-state index in [1.807, 2.05) is 9.80 Å². The van der Waals surface area contributed by atoms with Crippen LogP contribution in [0, 0.1) is 5.82 Å². The van der Waals surface area contributed by atoms with Crippen molar-refractivity contribution in [1.82, 2.24) is 10.2 Å². The molecule has 3 rings (SSSR count). The van der Waals surface area contributed by atoms with E-state index >= 15 is 4.39 Å². The summed E-state index contributed by atoms with van der Waals surface area (Å²) in [4.78, 5) is 28.5. The maximum atomic E-state index is 15.1. The van der Waals surface area contributed by atoms with Crippen LogP contribution in [0.3, 0.4) is 0 Å². The first-order valence-electron chi connectivity index (χ1n) is 11.9. The molecule has 214 valence electrons. The number of benzene rings is 1. The van der Waals surface area contributed by atoms with Crippen molar-refractivity contribution in [2.24, 2.45) is 0 Å². The third-order valence-corrected chi connectivity index (χ3v) is 12.1. The van der Waals surface area contributed by atoms with E-state index in [2.05, 4.69) is 5.32 Å². The fraction of sp³-hybridized carbons (Fsp3) is 0.636. The zero-order chi connectivity index (χ0) is 28.1. The van der Waals surface area contributed by atoms with E-state index in [9.17, 15) is 18.7 Å². The van der Waals surface area contributed by atoms with Crippen LogP contribution in [-0.2, 0) is 36.8 Å². The quantitative estimate of drug-likeness (QED) is 0.366. The molecule has 0 aromatic heterocycles. The van der Waals surface area contributed by atoms with Crippen LogP contribution < -0.4 is 15.1 Å². The Morgan fingerprint density at radius 3 is 2.16 bits per heavy atom. The van der Waals surface area contributed by atoms with Crippen LogP contribution in [0.1, 0.15) is 6.92 Å². The van der Waals surface area contributed by atoms with Gasteiger partial charge >= 0.3 is 21.3 Å². The molecule has 16 heteroatoms. The number of hydrogen-bond acceptors (Lipinski definition) is 11. The first-order valence-corrected chi connectivity index (χ1v) is 15.1. The van der Waals surface area contributed by atoms with Gasteiger partial charge < -0.3 is 33.0 Å².